The third-order valence-corrected chi connectivity index (χ3v) is 3.17. The number of carbonyl (C=O) groups excluding carboxylic acids is 1. The van der Waals surface area contributed by atoms with E-state index in [1.165, 1.54) is 16.9 Å². The molecule has 2 N–H and O–H groups in total. The lowest BCUT2D eigenvalue weighted by molar-refractivity contribution is -0.137. The molecule has 0 aliphatic heterocycles. The van der Waals surface area contributed by atoms with E-state index < -0.39 is 23.5 Å². The maximum atomic E-state index is 12.7. The highest BCUT2D eigenvalue weighted by atomic mass is 19.4. The summed E-state index contributed by atoms with van der Waals surface area (Å²) >= 11 is 0. The quantitative estimate of drug-likeness (QED) is 0.758. The van der Waals surface area contributed by atoms with E-state index in [4.69, 9.17) is 0 Å². The molecule has 3 rings (SSSR count). The number of carbonyl (C=O) groups is 1. The molecule has 3 aromatic rings. The molecule has 7 nitrogen and oxygen atoms in total. The van der Waals surface area contributed by atoms with Crippen molar-refractivity contribution in [3.8, 4) is 11.8 Å². The van der Waals surface area contributed by atoms with Crippen molar-refractivity contribution < 1.29 is 23.1 Å². The topological polar surface area (TPSA) is 92.9 Å². The molecule has 0 atom stereocenters. The summed E-state index contributed by atoms with van der Waals surface area (Å²) in [6.45, 7) is 0. The second-order valence-electron chi connectivity index (χ2n) is 4.89. The van der Waals surface area contributed by atoms with E-state index in [1.807, 2.05) is 0 Å². The lowest BCUT2D eigenvalue weighted by Crippen LogP contribution is -2.15. The molecule has 1 aromatic carbocycles. The third-order valence-electron chi connectivity index (χ3n) is 3.17. The van der Waals surface area contributed by atoms with E-state index in [9.17, 15) is 23.1 Å². The van der Waals surface area contributed by atoms with Gasteiger partial charge < -0.3 is 10.4 Å². The summed E-state index contributed by atoms with van der Waals surface area (Å²) in [4.78, 5) is 19.8. The van der Waals surface area contributed by atoms with E-state index in [2.05, 4.69) is 20.4 Å². The number of aromatic hydroxyl groups is 1. The molecule has 128 valence electrons. The van der Waals surface area contributed by atoms with E-state index >= 15 is 0 Å². The molecular formula is C15H10F3N5O2. The van der Waals surface area contributed by atoms with Gasteiger partial charge in [-0.15, -0.1) is 0 Å². The van der Waals surface area contributed by atoms with Crippen LogP contribution >= 0.6 is 0 Å². The molecule has 0 spiro atoms. The minimum absolute atomic E-state index is 0.0690. The molecule has 1 amide bonds. The van der Waals surface area contributed by atoms with Crippen molar-refractivity contribution in [3.63, 3.8) is 0 Å². The molecule has 0 unspecified atom stereocenters. The highest BCUT2D eigenvalue weighted by Crippen LogP contribution is 2.30. The first-order valence-electron chi connectivity index (χ1n) is 6.89. The fourth-order valence-electron chi connectivity index (χ4n) is 1.98. The van der Waals surface area contributed by atoms with Crippen LogP contribution < -0.4 is 5.32 Å². The minimum Gasteiger partial charge on any atom is -0.492 e. The minimum atomic E-state index is -4.56. The number of halogens is 3. The fraction of sp³-hybridized carbons (Fsp3) is 0.0667. The van der Waals surface area contributed by atoms with Gasteiger partial charge >= 0.3 is 6.18 Å². The van der Waals surface area contributed by atoms with E-state index in [-0.39, 0.29) is 17.2 Å². The van der Waals surface area contributed by atoms with Crippen LogP contribution in [0.5, 0.6) is 5.88 Å². The number of alkyl halides is 3. The molecular weight excluding hydrogens is 339 g/mol. The first kappa shape index (κ1) is 16.4. The molecule has 0 aliphatic rings. The van der Waals surface area contributed by atoms with Gasteiger partial charge in [-0.1, -0.05) is 6.07 Å². The van der Waals surface area contributed by atoms with Gasteiger partial charge in [-0.3, -0.25) is 4.79 Å². The Morgan fingerprint density at radius 3 is 2.68 bits per heavy atom. The molecule has 10 heteroatoms. The zero-order valence-electron chi connectivity index (χ0n) is 12.4. The predicted molar refractivity (Wildman–Crippen MR) is 80.2 cm³/mol. The van der Waals surface area contributed by atoms with Crippen LogP contribution in [0.25, 0.3) is 5.95 Å². The Morgan fingerprint density at radius 2 is 2.04 bits per heavy atom. The van der Waals surface area contributed by atoms with Crippen molar-refractivity contribution in [1.29, 1.82) is 0 Å². The van der Waals surface area contributed by atoms with E-state index in [0.29, 0.717) is 6.07 Å². The third kappa shape index (κ3) is 3.57. The molecule has 0 saturated heterocycles. The Labute approximate surface area is 138 Å². The lowest BCUT2D eigenvalue weighted by atomic mass is 10.1. The molecule has 0 fully saturated rings. The van der Waals surface area contributed by atoms with Crippen LogP contribution in [0.3, 0.4) is 0 Å². The van der Waals surface area contributed by atoms with Gasteiger partial charge in [-0.25, -0.2) is 9.67 Å². The van der Waals surface area contributed by atoms with Crippen molar-refractivity contribution >= 4 is 11.6 Å². The van der Waals surface area contributed by atoms with E-state index in [1.54, 1.807) is 12.3 Å². The normalized spacial score (nSPS) is 11.3. The molecule has 0 radical (unpaired) electrons. The number of benzene rings is 1. The second kappa shape index (κ2) is 6.23. The standard InChI is InChI=1S/C15H10F3N5O2/c16-15(17,18)10-4-1-3-9(7-10)12(24)21-11-8-19-14(22-13(11)25)23-6-2-5-20-23/h1-8H,(H,21,24)(H,19,22,25). The van der Waals surface area contributed by atoms with Crippen molar-refractivity contribution in [2.24, 2.45) is 0 Å². The largest absolute Gasteiger partial charge is 0.492 e. The number of amides is 1. The Balaban J connectivity index is 1.82. The Kier molecular flexibility index (Phi) is 4.09. The highest BCUT2D eigenvalue weighted by Gasteiger charge is 2.31. The van der Waals surface area contributed by atoms with Crippen LogP contribution in [-0.2, 0) is 6.18 Å². The lowest BCUT2D eigenvalue weighted by Gasteiger charge is -2.10. The van der Waals surface area contributed by atoms with Gasteiger partial charge in [-0.05, 0) is 24.3 Å². The van der Waals surface area contributed by atoms with Gasteiger partial charge in [0.05, 0.1) is 11.8 Å². The summed E-state index contributed by atoms with van der Waals surface area (Å²) < 4.78 is 39.4. The zero-order valence-corrected chi connectivity index (χ0v) is 12.4. The number of hydrogen-bond acceptors (Lipinski definition) is 5. The van der Waals surface area contributed by atoms with Crippen LogP contribution in [0.15, 0.2) is 48.9 Å². The second-order valence-corrected chi connectivity index (χ2v) is 4.89. The fourth-order valence-corrected chi connectivity index (χ4v) is 1.98. The summed E-state index contributed by atoms with van der Waals surface area (Å²) in [5, 5.41) is 16.0. The van der Waals surface area contributed by atoms with Gasteiger partial charge in [0.2, 0.25) is 5.88 Å². The summed E-state index contributed by atoms with van der Waals surface area (Å²) in [5.41, 5.74) is -1.31. The number of hydrogen-bond donors (Lipinski definition) is 2. The number of aromatic nitrogens is 4. The molecule has 2 heterocycles. The Morgan fingerprint density at radius 1 is 1.24 bits per heavy atom. The average molecular weight is 349 g/mol. The van der Waals surface area contributed by atoms with Crippen LogP contribution in [0, 0.1) is 0 Å². The summed E-state index contributed by atoms with van der Waals surface area (Å²) in [5.74, 6) is -1.31. The summed E-state index contributed by atoms with van der Waals surface area (Å²) in [7, 11) is 0. The van der Waals surface area contributed by atoms with Crippen LogP contribution in [0.1, 0.15) is 15.9 Å². The smallest absolute Gasteiger partial charge is 0.416 e. The summed E-state index contributed by atoms with van der Waals surface area (Å²) in [6.07, 6.45) is -0.392. The first-order valence-corrected chi connectivity index (χ1v) is 6.89. The number of rotatable bonds is 3. The van der Waals surface area contributed by atoms with Crippen molar-refractivity contribution in [1.82, 2.24) is 19.7 Å². The molecule has 0 aliphatic carbocycles. The maximum absolute atomic E-state index is 12.7. The Bertz CT molecular complexity index is 910. The SMILES string of the molecule is O=C(Nc1cnc(-n2cccn2)nc1O)c1cccc(C(F)(F)F)c1. The van der Waals surface area contributed by atoms with Crippen molar-refractivity contribution in [2.45, 2.75) is 6.18 Å². The van der Waals surface area contributed by atoms with E-state index in [0.717, 1.165) is 18.3 Å². The first-order chi connectivity index (χ1) is 11.8. The average Bonchev–Trinajstić information content (AvgIpc) is 3.10. The van der Waals surface area contributed by atoms with Gasteiger partial charge in [0.15, 0.2) is 0 Å². The maximum Gasteiger partial charge on any atom is 0.416 e. The number of nitrogens with zero attached hydrogens (tertiary/aromatic N) is 4. The van der Waals surface area contributed by atoms with Crippen LogP contribution in [-0.4, -0.2) is 30.8 Å². The highest BCUT2D eigenvalue weighted by molar-refractivity contribution is 6.04. The molecule has 25 heavy (non-hydrogen) atoms. The van der Waals surface area contributed by atoms with Crippen molar-refractivity contribution in [3.05, 3.63) is 60.0 Å². The molecule has 0 saturated carbocycles. The van der Waals surface area contributed by atoms with Crippen LogP contribution in [0.4, 0.5) is 18.9 Å². The van der Waals surface area contributed by atoms with Gasteiger partial charge in [0.25, 0.3) is 11.9 Å². The van der Waals surface area contributed by atoms with Crippen molar-refractivity contribution in [2.75, 3.05) is 5.32 Å². The monoisotopic (exact) mass is 349 g/mol. The summed E-state index contributed by atoms with van der Waals surface area (Å²) in [6, 6.07) is 5.54. The van der Waals surface area contributed by atoms with Crippen LogP contribution in [0.2, 0.25) is 0 Å². The van der Waals surface area contributed by atoms with Gasteiger partial charge in [-0.2, -0.15) is 23.3 Å². The Hall–Kier alpha value is -3.43. The van der Waals surface area contributed by atoms with Gasteiger partial charge in [0, 0.05) is 18.0 Å². The van der Waals surface area contributed by atoms with Gasteiger partial charge in [0.1, 0.15) is 5.69 Å². The molecule has 0 bridgehead atoms. The zero-order chi connectivity index (χ0) is 18.0. The number of anilines is 1. The molecule has 2 aromatic heterocycles. The number of nitrogens with one attached hydrogen (secondary N) is 1. The predicted octanol–water partition coefficient (Wildman–Crippen LogP) is 2.64.